The van der Waals surface area contributed by atoms with Gasteiger partial charge in [0.25, 0.3) is 5.91 Å². The molecule has 1 aliphatic rings. The number of amides is 2. The van der Waals surface area contributed by atoms with E-state index in [-0.39, 0.29) is 11.8 Å². The van der Waals surface area contributed by atoms with Crippen LogP contribution in [0.1, 0.15) is 38.3 Å². The maximum Gasteiger partial charge on any atom is 0.265 e. The van der Waals surface area contributed by atoms with Crippen molar-refractivity contribution >= 4 is 58.0 Å². The van der Waals surface area contributed by atoms with Crippen molar-refractivity contribution in [1.29, 1.82) is 0 Å². The minimum absolute atomic E-state index is 0.284. The third kappa shape index (κ3) is 5.37. The second-order valence-electron chi connectivity index (χ2n) is 8.09. The summed E-state index contributed by atoms with van der Waals surface area (Å²) in [4.78, 5) is 24.7. The molecule has 0 spiro atoms. The molecule has 2 aromatic rings. The highest BCUT2D eigenvalue weighted by Crippen LogP contribution is 2.63. The van der Waals surface area contributed by atoms with Crippen molar-refractivity contribution in [2.24, 2.45) is 10.5 Å². The lowest BCUT2D eigenvalue weighted by Gasteiger charge is -2.16. The standard InChI is InChI=1S/C23H24Cl3N3O3/c1-13-11-17(24)7-10-19(13)32-15(3)20(30)27-18-8-5-16(6-9-18)14(2)28-29-21(31)22(4)12-23(22,25)26/h5-11,15H,12H2,1-4H3,(H,27,30)(H,29,31). The Balaban J connectivity index is 1.56. The maximum absolute atomic E-state index is 12.5. The largest absolute Gasteiger partial charge is 0.481 e. The molecule has 2 amide bonds. The van der Waals surface area contributed by atoms with E-state index in [1.807, 2.05) is 6.92 Å². The lowest BCUT2D eigenvalue weighted by Crippen LogP contribution is -2.30. The predicted octanol–water partition coefficient (Wildman–Crippen LogP) is 5.48. The molecule has 9 heteroatoms. The van der Waals surface area contributed by atoms with Crippen LogP contribution < -0.4 is 15.5 Å². The molecule has 1 fully saturated rings. The highest BCUT2D eigenvalue weighted by Gasteiger charge is 2.68. The zero-order valence-electron chi connectivity index (χ0n) is 18.1. The van der Waals surface area contributed by atoms with Crippen molar-refractivity contribution < 1.29 is 14.3 Å². The fourth-order valence-corrected chi connectivity index (χ4v) is 3.93. The van der Waals surface area contributed by atoms with Crippen LogP contribution in [0.15, 0.2) is 47.6 Å². The number of rotatable bonds is 7. The van der Waals surface area contributed by atoms with Gasteiger partial charge in [-0.2, -0.15) is 5.10 Å². The van der Waals surface area contributed by atoms with Gasteiger partial charge in [-0.15, -0.1) is 23.2 Å². The molecular weight excluding hydrogens is 473 g/mol. The summed E-state index contributed by atoms with van der Waals surface area (Å²) in [5.74, 6) is -0.00868. The zero-order valence-corrected chi connectivity index (χ0v) is 20.4. The Labute approximate surface area is 202 Å². The van der Waals surface area contributed by atoms with Crippen LogP contribution in [0.2, 0.25) is 5.02 Å². The average molecular weight is 497 g/mol. The zero-order chi connectivity index (χ0) is 23.7. The van der Waals surface area contributed by atoms with E-state index >= 15 is 0 Å². The van der Waals surface area contributed by atoms with Crippen LogP contribution in [0.25, 0.3) is 0 Å². The first-order valence-corrected chi connectivity index (χ1v) is 11.1. The number of nitrogens with one attached hydrogen (secondary N) is 2. The van der Waals surface area contributed by atoms with Crippen molar-refractivity contribution in [2.45, 2.75) is 44.6 Å². The molecule has 0 aromatic heterocycles. The van der Waals surface area contributed by atoms with E-state index < -0.39 is 15.9 Å². The van der Waals surface area contributed by atoms with Gasteiger partial charge in [0.05, 0.1) is 11.1 Å². The number of ether oxygens (including phenoxy) is 1. The highest BCUT2D eigenvalue weighted by atomic mass is 35.5. The molecule has 0 radical (unpaired) electrons. The first kappa shape index (κ1) is 24.4. The number of alkyl halides is 2. The van der Waals surface area contributed by atoms with E-state index in [1.54, 1.807) is 63.2 Å². The lowest BCUT2D eigenvalue weighted by atomic mass is 10.1. The number of hydrazone groups is 1. The molecule has 0 bridgehead atoms. The van der Waals surface area contributed by atoms with Crippen molar-refractivity contribution in [3.63, 3.8) is 0 Å². The third-order valence-corrected chi connectivity index (χ3v) is 6.80. The molecule has 0 heterocycles. The van der Waals surface area contributed by atoms with Gasteiger partial charge in [-0.1, -0.05) is 23.7 Å². The maximum atomic E-state index is 12.5. The summed E-state index contributed by atoms with van der Waals surface area (Å²) in [5.41, 5.74) is 4.53. The topological polar surface area (TPSA) is 79.8 Å². The van der Waals surface area contributed by atoms with Crippen molar-refractivity contribution in [3.05, 3.63) is 58.6 Å². The summed E-state index contributed by atoms with van der Waals surface area (Å²) in [5, 5.41) is 7.56. The Bertz CT molecular complexity index is 1070. The number of halogens is 3. The molecule has 32 heavy (non-hydrogen) atoms. The second-order valence-corrected chi connectivity index (χ2v) is 10.0. The molecule has 6 nitrogen and oxygen atoms in total. The first-order valence-electron chi connectivity index (χ1n) is 9.99. The minimum atomic E-state index is -1.05. The first-order chi connectivity index (χ1) is 14.9. The van der Waals surface area contributed by atoms with E-state index in [1.165, 1.54) is 0 Å². The quantitative estimate of drug-likeness (QED) is 0.303. The molecule has 2 atom stereocenters. The minimum Gasteiger partial charge on any atom is -0.481 e. The normalized spacial score (nSPS) is 20.3. The van der Waals surface area contributed by atoms with Crippen LogP contribution in [-0.4, -0.2) is 28.0 Å². The molecule has 2 N–H and O–H groups in total. The molecule has 1 aliphatic carbocycles. The number of aryl methyl sites for hydroxylation is 1. The summed E-state index contributed by atoms with van der Waals surface area (Å²) in [6.07, 6.45) is -0.315. The summed E-state index contributed by atoms with van der Waals surface area (Å²) < 4.78 is 4.70. The van der Waals surface area contributed by atoms with Gasteiger partial charge >= 0.3 is 0 Å². The van der Waals surface area contributed by atoms with Gasteiger partial charge in [-0.05, 0) is 75.6 Å². The van der Waals surface area contributed by atoms with Crippen LogP contribution in [0.5, 0.6) is 5.75 Å². The molecule has 2 aromatic carbocycles. The van der Waals surface area contributed by atoms with Gasteiger partial charge in [0.15, 0.2) is 6.10 Å². The lowest BCUT2D eigenvalue weighted by molar-refractivity contribution is -0.125. The third-order valence-electron chi connectivity index (χ3n) is 5.46. The van der Waals surface area contributed by atoms with E-state index in [0.29, 0.717) is 28.6 Å². The fourth-order valence-electron chi connectivity index (χ4n) is 3.00. The van der Waals surface area contributed by atoms with Crippen molar-refractivity contribution in [2.75, 3.05) is 5.32 Å². The summed E-state index contributed by atoms with van der Waals surface area (Å²) in [6.45, 7) is 7.00. The summed E-state index contributed by atoms with van der Waals surface area (Å²) in [7, 11) is 0. The molecular formula is C23H24Cl3N3O3. The average Bonchev–Trinajstić information content (AvgIpc) is 3.27. The van der Waals surface area contributed by atoms with E-state index in [0.717, 1.165) is 11.1 Å². The molecule has 0 aliphatic heterocycles. The Morgan fingerprint density at radius 1 is 1.16 bits per heavy atom. The van der Waals surface area contributed by atoms with Crippen LogP contribution in [0.4, 0.5) is 5.69 Å². The number of anilines is 1. The van der Waals surface area contributed by atoms with E-state index in [2.05, 4.69) is 15.8 Å². The van der Waals surface area contributed by atoms with Gasteiger partial charge in [-0.25, -0.2) is 5.43 Å². The molecule has 2 unspecified atom stereocenters. The Morgan fingerprint density at radius 3 is 2.34 bits per heavy atom. The van der Waals surface area contributed by atoms with Gasteiger partial charge in [-0.3, -0.25) is 9.59 Å². The van der Waals surface area contributed by atoms with Crippen molar-refractivity contribution in [3.8, 4) is 5.75 Å². The highest BCUT2D eigenvalue weighted by molar-refractivity contribution is 6.53. The molecule has 3 rings (SSSR count). The van der Waals surface area contributed by atoms with Gasteiger partial charge in [0.2, 0.25) is 5.91 Å². The Morgan fingerprint density at radius 2 is 1.78 bits per heavy atom. The van der Waals surface area contributed by atoms with Crippen LogP contribution in [0, 0.1) is 12.3 Å². The van der Waals surface area contributed by atoms with E-state index in [4.69, 9.17) is 39.5 Å². The number of hydrogen-bond donors (Lipinski definition) is 2. The summed E-state index contributed by atoms with van der Waals surface area (Å²) >= 11 is 18.0. The smallest absolute Gasteiger partial charge is 0.265 e. The van der Waals surface area contributed by atoms with Gasteiger partial charge in [0.1, 0.15) is 10.1 Å². The summed E-state index contributed by atoms with van der Waals surface area (Å²) in [6, 6.07) is 12.3. The number of nitrogens with zero attached hydrogens (tertiary/aromatic N) is 1. The van der Waals surface area contributed by atoms with Crippen LogP contribution in [-0.2, 0) is 9.59 Å². The Kier molecular flexibility index (Phi) is 7.08. The molecule has 0 saturated heterocycles. The van der Waals surface area contributed by atoms with Crippen LogP contribution >= 0.6 is 34.8 Å². The SMILES string of the molecule is CC(=NNC(=O)C1(C)CC1(Cl)Cl)c1ccc(NC(=O)C(C)Oc2ccc(Cl)cc2C)cc1. The number of carbonyl (C=O) groups excluding carboxylic acids is 2. The number of hydrogen-bond acceptors (Lipinski definition) is 4. The Hall–Kier alpha value is -2.28. The van der Waals surface area contributed by atoms with Gasteiger partial charge < -0.3 is 10.1 Å². The monoisotopic (exact) mass is 495 g/mol. The fraction of sp³-hybridized carbons (Fsp3) is 0.348. The second kappa shape index (κ2) is 9.30. The molecule has 1 saturated carbocycles. The number of benzene rings is 2. The predicted molar refractivity (Wildman–Crippen MR) is 129 cm³/mol. The van der Waals surface area contributed by atoms with E-state index in [9.17, 15) is 9.59 Å². The molecule has 170 valence electrons. The van der Waals surface area contributed by atoms with Gasteiger partial charge in [0, 0.05) is 10.7 Å². The van der Waals surface area contributed by atoms with Crippen molar-refractivity contribution in [1.82, 2.24) is 5.43 Å². The van der Waals surface area contributed by atoms with Crippen LogP contribution in [0.3, 0.4) is 0 Å². The number of carbonyl (C=O) groups is 2.